The van der Waals surface area contributed by atoms with Gasteiger partial charge in [0.25, 0.3) is 0 Å². The molecule has 0 aliphatic carbocycles. The molecule has 0 aromatic heterocycles. The summed E-state index contributed by atoms with van der Waals surface area (Å²) >= 11 is 0. The zero-order chi connectivity index (χ0) is 32.6. The van der Waals surface area contributed by atoms with Crippen LogP contribution in [0.25, 0.3) is 10.8 Å². The van der Waals surface area contributed by atoms with Gasteiger partial charge in [0.1, 0.15) is 6.04 Å². The summed E-state index contributed by atoms with van der Waals surface area (Å²) < 4.78 is 29.1. The molecule has 3 aromatic carbocycles. The van der Waals surface area contributed by atoms with Crippen molar-refractivity contribution in [2.75, 3.05) is 51.7 Å². The highest BCUT2D eigenvalue weighted by molar-refractivity contribution is 7.89. The second-order valence-electron chi connectivity index (χ2n) is 11.2. The fourth-order valence-corrected chi connectivity index (χ4v) is 7.26. The summed E-state index contributed by atoms with van der Waals surface area (Å²) in [4.78, 5) is 42.7. The van der Waals surface area contributed by atoms with E-state index in [0.717, 1.165) is 21.5 Å². The molecule has 0 spiro atoms. The molecule has 0 saturated carbocycles. The van der Waals surface area contributed by atoms with Crippen LogP contribution in [0.1, 0.15) is 24.8 Å². The van der Waals surface area contributed by atoms with Crippen LogP contribution in [0.15, 0.2) is 84.3 Å². The number of sulfonamides is 1. The largest absolute Gasteiger partial charge is 0.465 e. The van der Waals surface area contributed by atoms with Crippen molar-refractivity contribution in [2.45, 2.75) is 36.7 Å². The lowest BCUT2D eigenvalue weighted by molar-refractivity contribution is -0.138. The topological polar surface area (TPSA) is 131 Å². The first kappa shape index (κ1) is 33.5. The van der Waals surface area contributed by atoms with Gasteiger partial charge < -0.3 is 20.2 Å². The lowest BCUT2D eigenvalue weighted by Crippen LogP contribution is -2.56. The van der Waals surface area contributed by atoms with Gasteiger partial charge in [0.2, 0.25) is 21.8 Å². The van der Waals surface area contributed by atoms with E-state index in [1.165, 1.54) is 10.4 Å². The third kappa shape index (κ3) is 8.00. The molecule has 1 unspecified atom stereocenters. The summed E-state index contributed by atoms with van der Waals surface area (Å²) in [5.74, 6) is -0.658. The third-order valence-corrected chi connectivity index (χ3v) is 9.96. The summed E-state index contributed by atoms with van der Waals surface area (Å²) in [6.45, 7) is 4.28. The SMILES string of the molecule is C=CC(=O)NCCCCC(C(=O)N1CCN(S(=O)(=O)c2cccc3c(N(C)C)cccc23)CC1)N(Cc1ccccc1)C(=O)O. The second-order valence-corrected chi connectivity index (χ2v) is 13.1. The van der Waals surface area contributed by atoms with Crippen molar-refractivity contribution < 1.29 is 27.9 Å². The maximum atomic E-state index is 13.9. The maximum absolute atomic E-state index is 13.9. The molecule has 1 aliphatic heterocycles. The van der Waals surface area contributed by atoms with Gasteiger partial charge in [-0.05, 0) is 43.0 Å². The lowest BCUT2D eigenvalue weighted by atomic mass is 10.0. The first-order valence-electron chi connectivity index (χ1n) is 15.0. The highest BCUT2D eigenvalue weighted by atomic mass is 32.2. The number of nitrogens with zero attached hydrogens (tertiary/aromatic N) is 4. The number of fused-ring (bicyclic) bond motifs is 1. The number of piperazine rings is 1. The number of hydrogen-bond donors (Lipinski definition) is 2. The molecular formula is C33H41N5O6S. The Morgan fingerprint density at radius 2 is 1.60 bits per heavy atom. The van der Waals surface area contributed by atoms with Crippen molar-refractivity contribution in [2.24, 2.45) is 0 Å². The molecule has 1 fully saturated rings. The van der Waals surface area contributed by atoms with E-state index >= 15 is 0 Å². The van der Waals surface area contributed by atoms with Gasteiger partial charge in [-0.1, -0.05) is 61.2 Å². The van der Waals surface area contributed by atoms with Crippen LogP contribution in [0.5, 0.6) is 0 Å². The van der Waals surface area contributed by atoms with Crippen LogP contribution in [0.3, 0.4) is 0 Å². The molecule has 0 bridgehead atoms. The maximum Gasteiger partial charge on any atom is 0.408 e. The number of anilines is 1. The van der Waals surface area contributed by atoms with Crippen molar-refractivity contribution in [1.29, 1.82) is 0 Å². The smallest absolute Gasteiger partial charge is 0.408 e. The third-order valence-electron chi connectivity index (χ3n) is 8.00. The lowest BCUT2D eigenvalue weighted by Gasteiger charge is -2.38. The Kier molecular flexibility index (Phi) is 11.2. The molecule has 3 amide bonds. The minimum absolute atomic E-state index is 0.0319. The monoisotopic (exact) mass is 635 g/mol. The van der Waals surface area contributed by atoms with E-state index < -0.39 is 22.2 Å². The molecule has 2 N–H and O–H groups in total. The number of carbonyl (C=O) groups excluding carboxylic acids is 2. The summed E-state index contributed by atoms with van der Waals surface area (Å²) in [7, 11) is -0.0534. The number of benzene rings is 3. The van der Waals surface area contributed by atoms with Gasteiger partial charge in [-0.3, -0.25) is 14.5 Å². The zero-order valence-electron chi connectivity index (χ0n) is 25.8. The van der Waals surface area contributed by atoms with Gasteiger partial charge in [0.15, 0.2) is 0 Å². The summed E-state index contributed by atoms with van der Waals surface area (Å²) in [5.41, 5.74) is 1.66. The quantitative estimate of drug-likeness (QED) is 0.216. The van der Waals surface area contributed by atoms with Gasteiger partial charge in [-0.25, -0.2) is 13.2 Å². The number of carbonyl (C=O) groups is 3. The minimum Gasteiger partial charge on any atom is -0.465 e. The molecule has 12 heteroatoms. The molecule has 0 radical (unpaired) electrons. The molecule has 4 rings (SSSR count). The highest BCUT2D eigenvalue weighted by Crippen LogP contribution is 2.32. The molecule has 1 atom stereocenters. The number of rotatable bonds is 13. The number of carboxylic acid groups (broad SMARTS) is 1. The Labute approximate surface area is 264 Å². The zero-order valence-corrected chi connectivity index (χ0v) is 26.6. The van der Waals surface area contributed by atoms with E-state index in [-0.39, 0.29) is 55.9 Å². The Bertz CT molecular complexity index is 1620. The van der Waals surface area contributed by atoms with Crippen molar-refractivity contribution in [1.82, 2.24) is 19.4 Å². The summed E-state index contributed by atoms with van der Waals surface area (Å²) in [6.07, 6.45) is 1.27. The molecule has 3 aromatic rings. The van der Waals surface area contributed by atoms with Crippen LogP contribution in [0, 0.1) is 0 Å². The fourth-order valence-electron chi connectivity index (χ4n) is 5.63. The molecule has 11 nitrogen and oxygen atoms in total. The molecular weight excluding hydrogens is 594 g/mol. The normalized spacial score (nSPS) is 14.5. The average Bonchev–Trinajstić information content (AvgIpc) is 3.04. The standard InChI is InChI=1S/C33H41N5O6S/c1-4-31(39)34-19-9-8-16-29(38(33(41)42)24-25-12-6-5-7-13-25)32(40)36-20-22-37(23-21-36)45(43,44)30-18-11-14-26-27(30)15-10-17-28(26)35(2)3/h4-7,10-15,17-18,29H,1,8-9,16,19-24H2,2-3H3,(H,34,39)(H,41,42). The first-order chi connectivity index (χ1) is 21.5. The molecule has 240 valence electrons. The average molecular weight is 636 g/mol. The molecule has 1 aliphatic rings. The van der Waals surface area contributed by atoms with Gasteiger partial charge in [-0.15, -0.1) is 0 Å². The summed E-state index contributed by atoms with van der Waals surface area (Å²) in [6, 6.07) is 18.9. The van der Waals surface area contributed by atoms with Crippen LogP contribution in [-0.4, -0.2) is 98.4 Å². The first-order valence-corrected chi connectivity index (χ1v) is 16.4. The predicted octanol–water partition coefficient (Wildman–Crippen LogP) is 3.76. The summed E-state index contributed by atoms with van der Waals surface area (Å²) in [5, 5.41) is 14.3. The Morgan fingerprint density at radius 3 is 2.24 bits per heavy atom. The van der Waals surface area contributed by atoms with Crippen molar-refractivity contribution in [3.63, 3.8) is 0 Å². The van der Waals surface area contributed by atoms with Crippen molar-refractivity contribution in [3.8, 4) is 0 Å². The Balaban J connectivity index is 1.50. The van der Waals surface area contributed by atoms with Gasteiger partial charge in [0.05, 0.1) is 4.90 Å². The predicted molar refractivity (Wildman–Crippen MR) is 174 cm³/mol. The second kappa shape index (κ2) is 15.0. The van der Waals surface area contributed by atoms with E-state index in [1.807, 2.05) is 55.4 Å². The van der Waals surface area contributed by atoms with Gasteiger partial charge in [-0.2, -0.15) is 4.31 Å². The van der Waals surface area contributed by atoms with Crippen LogP contribution < -0.4 is 10.2 Å². The van der Waals surface area contributed by atoms with Crippen LogP contribution in [-0.2, 0) is 26.2 Å². The number of amides is 3. The molecule has 1 saturated heterocycles. The number of nitrogens with one attached hydrogen (secondary N) is 1. The number of unbranched alkanes of at least 4 members (excludes halogenated alkanes) is 1. The van der Waals surface area contributed by atoms with Gasteiger partial charge >= 0.3 is 6.09 Å². The molecule has 45 heavy (non-hydrogen) atoms. The Hall–Kier alpha value is -4.42. The van der Waals surface area contributed by atoms with E-state index in [4.69, 9.17) is 0 Å². The van der Waals surface area contributed by atoms with Crippen LogP contribution in [0.2, 0.25) is 0 Å². The Morgan fingerprint density at radius 1 is 0.933 bits per heavy atom. The van der Waals surface area contributed by atoms with E-state index in [1.54, 1.807) is 35.2 Å². The number of hydrogen-bond acceptors (Lipinski definition) is 6. The minimum atomic E-state index is -3.87. The van der Waals surface area contributed by atoms with E-state index in [2.05, 4.69) is 11.9 Å². The highest BCUT2D eigenvalue weighted by Gasteiger charge is 2.36. The van der Waals surface area contributed by atoms with Crippen molar-refractivity contribution >= 4 is 44.4 Å². The fraction of sp³-hybridized carbons (Fsp3) is 0.364. The van der Waals surface area contributed by atoms with Crippen molar-refractivity contribution in [3.05, 3.63) is 84.9 Å². The van der Waals surface area contributed by atoms with E-state index in [0.29, 0.717) is 24.8 Å². The van der Waals surface area contributed by atoms with Crippen LogP contribution >= 0.6 is 0 Å². The van der Waals surface area contributed by atoms with Crippen LogP contribution in [0.4, 0.5) is 10.5 Å². The van der Waals surface area contributed by atoms with E-state index in [9.17, 15) is 27.9 Å². The van der Waals surface area contributed by atoms with Gasteiger partial charge in [0, 0.05) is 69.8 Å². The molecule has 1 heterocycles.